The van der Waals surface area contributed by atoms with Gasteiger partial charge in [0.15, 0.2) is 5.96 Å². The van der Waals surface area contributed by atoms with Crippen molar-refractivity contribution >= 4 is 35.6 Å². The fourth-order valence-electron chi connectivity index (χ4n) is 3.28. The topological polar surface area (TPSA) is 273 Å². The molecule has 0 radical (unpaired) electrons. The van der Waals surface area contributed by atoms with Crippen LogP contribution in [0, 0.1) is 0 Å². The normalized spacial score (nSPS) is 14.6. The van der Waals surface area contributed by atoms with Crippen LogP contribution in [0.25, 0.3) is 0 Å². The van der Waals surface area contributed by atoms with Crippen molar-refractivity contribution in [1.82, 2.24) is 16.0 Å². The average molecular weight is 538 g/mol. The molecule has 15 nitrogen and oxygen atoms in total. The highest BCUT2D eigenvalue weighted by Gasteiger charge is 2.33. The highest BCUT2D eigenvalue weighted by Crippen LogP contribution is 2.06. The standard InChI is InChI=1S/C23H35N7O8/c1-12(31)18(21(36)29-16(22(37)38)10-13-6-3-2-4-7-13)30-20(35)15(11-17(32)33)28-19(34)14(24)8-5-9-27-23(25)26/h2-4,6-7,12,14-16,18,31H,5,8-11,24H2,1H3,(H,28,34)(H,29,36)(H,30,35)(H,32,33)(H,37,38)(H4,25,26,27). The Labute approximate surface area is 218 Å². The third kappa shape index (κ3) is 11.7. The Morgan fingerprint density at radius 1 is 0.921 bits per heavy atom. The van der Waals surface area contributed by atoms with Crippen LogP contribution in [0.1, 0.15) is 31.7 Å². The maximum absolute atomic E-state index is 12.8. The first-order valence-corrected chi connectivity index (χ1v) is 11.7. The van der Waals surface area contributed by atoms with Crippen molar-refractivity contribution in [2.45, 2.75) is 62.9 Å². The van der Waals surface area contributed by atoms with Crippen LogP contribution >= 0.6 is 0 Å². The zero-order valence-electron chi connectivity index (χ0n) is 20.9. The minimum atomic E-state index is -1.65. The van der Waals surface area contributed by atoms with Crippen molar-refractivity contribution in [1.29, 1.82) is 0 Å². The maximum atomic E-state index is 12.8. The molecule has 0 heterocycles. The van der Waals surface area contributed by atoms with E-state index in [0.717, 1.165) is 0 Å². The summed E-state index contributed by atoms with van der Waals surface area (Å²) in [6, 6.07) is 2.68. The first kappa shape index (κ1) is 31.8. The van der Waals surface area contributed by atoms with Gasteiger partial charge in [0.2, 0.25) is 17.7 Å². The number of carbonyl (C=O) groups is 5. The molecular weight excluding hydrogens is 502 g/mol. The number of guanidine groups is 1. The molecular formula is C23H35N7O8. The monoisotopic (exact) mass is 537 g/mol. The molecule has 5 atom stereocenters. The van der Waals surface area contributed by atoms with E-state index in [1.165, 1.54) is 6.92 Å². The number of nitrogens with two attached hydrogens (primary N) is 3. The van der Waals surface area contributed by atoms with Gasteiger partial charge in [-0.3, -0.25) is 24.2 Å². The number of aliphatic carboxylic acids is 2. The molecule has 12 N–H and O–H groups in total. The largest absolute Gasteiger partial charge is 0.481 e. The number of carboxylic acid groups (broad SMARTS) is 2. The number of hydrogen-bond donors (Lipinski definition) is 9. The minimum Gasteiger partial charge on any atom is -0.481 e. The lowest BCUT2D eigenvalue weighted by molar-refractivity contribution is -0.144. The molecule has 210 valence electrons. The molecule has 38 heavy (non-hydrogen) atoms. The quantitative estimate of drug-likeness (QED) is 0.0582. The van der Waals surface area contributed by atoms with Gasteiger partial charge in [0, 0.05) is 13.0 Å². The molecule has 0 aromatic heterocycles. The molecule has 3 amide bonds. The van der Waals surface area contributed by atoms with Gasteiger partial charge < -0.3 is 48.5 Å². The molecule has 0 aliphatic heterocycles. The number of amides is 3. The number of nitrogens with zero attached hydrogens (tertiary/aromatic N) is 1. The van der Waals surface area contributed by atoms with E-state index in [1.54, 1.807) is 30.3 Å². The molecule has 1 rings (SSSR count). The van der Waals surface area contributed by atoms with E-state index in [1.807, 2.05) is 0 Å². The van der Waals surface area contributed by atoms with Gasteiger partial charge in [-0.15, -0.1) is 0 Å². The lowest BCUT2D eigenvalue weighted by Crippen LogP contribution is -2.60. The number of rotatable bonds is 16. The third-order valence-corrected chi connectivity index (χ3v) is 5.28. The molecule has 0 saturated heterocycles. The zero-order chi connectivity index (χ0) is 28.8. The van der Waals surface area contributed by atoms with Crippen LogP contribution in [0.15, 0.2) is 35.3 Å². The van der Waals surface area contributed by atoms with Crippen LogP contribution in [-0.2, 0) is 30.4 Å². The summed E-state index contributed by atoms with van der Waals surface area (Å²) in [7, 11) is 0. The zero-order valence-corrected chi connectivity index (χ0v) is 20.9. The predicted molar refractivity (Wildman–Crippen MR) is 135 cm³/mol. The lowest BCUT2D eigenvalue weighted by atomic mass is 10.0. The van der Waals surface area contributed by atoms with Crippen molar-refractivity contribution in [3.05, 3.63) is 35.9 Å². The van der Waals surface area contributed by atoms with E-state index in [9.17, 15) is 39.3 Å². The molecule has 1 aromatic carbocycles. The summed E-state index contributed by atoms with van der Waals surface area (Å²) >= 11 is 0. The minimum absolute atomic E-state index is 0.0683. The lowest BCUT2D eigenvalue weighted by Gasteiger charge is -2.26. The van der Waals surface area contributed by atoms with E-state index in [0.29, 0.717) is 12.0 Å². The van der Waals surface area contributed by atoms with Gasteiger partial charge in [-0.25, -0.2) is 4.79 Å². The van der Waals surface area contributed by atoms with Gasteiger partial charge in [0.1, 0.15) is 18.1 Å². The predicted octanol–water partition coefficient (Wildman–Crippen LogP) is -3.00. The molecule has 0 saturated carbocycles. The summed E-state index contributed by atoms with van der Waals surface area (Å²) in [6.45, 7) is 1.38. The van der Waals surface area contributed by atoms with Crippen molar-refractivity contribution in [3.8, 4) is 0 Å². The van der Waals surface area contributed by atoms with Crippen LogP contribution in [0.3, 0.4) is 0 Å². The third-order valence-electron chi connectivity index (χ3n) is 5.28. The summed E-state index contributed by atoms with van der Waals surface area (Å²) in [4.78, 5) is 64.8. The van der Waals surface area contributed by atoms with E-state index in [4.69, 9.17) is 17.2 Å². The Kier molecular flexibility index (Phi) is 13.2. The van der Waals surface area contributed by atoms with Crippen molar-refractivity contribution < 1.29 is 39.3 Å². The summed E-state index contributed by atoms with van der Waals surface area (Å²) in [5.74, 6) is -5.85. The van der Waals surface area contributed by atoms with Gasteiger partial charge in [-0.2, -0.15) is 0 Å². The average Bonchev–Trinajstić information content (AvgIpc) is 2.83. The Balaban J connectivity index is 2.90. The van der Waals surface area contributed by atoms with Crippen molar-refractivity contribution in [2.75, 3.05) is 6.54 Å². The van der Waals surface area contributed by atoms with Gasteiger partial charge in [-0.05, 0) is 25.3 Å². The van der Waals surface area contributed by atoms with Crippen LogP contribution in [0.2, 0.25) is 0 Å². The number of aliphatic hydroxyl groups excluding tert-OH is 1. The first-order valence-electron chi connectivity index (χ1n) is 11.7. The smallest absolute Gasteiger partial charge is 0.326 e. The number of hydrogen-bond acceptors (Lipinski definition) is 8. The molecule has 0 aliphatic carbocycles. The second-order valence-corrected chi connectivity index (χ2v) is 8.53. The van der Waals surface area contributed by atoms with Crippen LogP contribution in [0.5, 0.6) is 0 Å². The van der Waals surface area contributed by atoms with Crippen molar-refractivity contribution in [3.63, 3.8) is 0 Å². The summed E-state index contributed by atoms with van der Waals surface area (Å²) in [5.41, 5.74) is 16.8. The van der Waals surface area contributed by atoms with Crippen LogP contribution in [-0.4, -0.2) is 87.8 Å². The molecule has 0 aliphatic rings. The fourth-order valence-corrected chi connectivity index (χ4v) is 3.28. The van der Waals surface area contributed by atoms with Crippen molar-refractivity contribution in [2.24, 2.45) is 22.2 Å². The summed E-state index contributed by atoms with van der Waals surface area (Å²) in [6.07, 6.45) is -1.95. The number of benzene rings is 1. The molecule has 1 aromatic rings. The van der Waals surface area contributed by atoms with E-state index < -0.39 is 66.4 Å². The van der Waals surface area contributed by atoms with E-state index >= 15 is 0 Å². The molecule has 5 unspecified atom stereocenters. The summed E-state index contributed by atoms with van der Waals surface area (Å²) in [5, 5.41) is 35.5. The molecule has 0 spiro atoms. The van der Waals surface area contributed by atoms with E-state index in [2.05, 4.69) is 20.9 Å². The van der Waals surface area contributed by atoms with E-state index in [-0.39, 0.29) is 25.3 Å². The van der Waals surface area contributed by atoms with Gasteiger partial charge in [-0.1, -0.05) is 30.3 Å². The van der Waals surface area contributed by atoms with Gasteiger partial charge >= 0.3 is 11.9 Å². The number of nitrogens with one attached hydrogen (secondary N) is 3. The number of carboxylic acids is 2. The Morgan fingerprint density at radius 2 is 1.53 bits per heavy atom. The Bertz CT molecular complexity index is 999. The Hall–Kier alpha value is -4.24. The second kappa shape index (κ2) is 15.8. The molecule has 0 bridgehead atoms. The van der Waals surface area contributed by atoms with Gasteiger partial charge in [0.05, 0.1) is 18.6 Å². The second-order valence-electron chi connectivity index (χ2n) is 8.53. The highest BCUT2D eigenvalue weighted by molar-refractivity contribution is 5.95. The number of aliphatic imine (C=N–C) groups is 1. The van der Waals surface area contributed by atoms with Crippen LogP contribution in [0.4, 0.5) is 0 Å². The molecule has 15 heteroatoms. The van der Waals surface area contributed by atoms with Gasteiger partial charge in [0.25, 0.3) is 0 Å². The highest BCUT2D eigenvalue weighted by atomic mass is 16.4. The van der Waals surface area contributed by atoms with Crippen LogP contribution < -0.4 is 33.2 Å². The first-order chi connectivity index (χ1) is 17.8. The summed E-state index contributed by atoms with van der Waals surface area (Å²) < 4.78 is 0. The SMILES string of the molecule is CC(O)C(NC(=O)C(CC(=O)O)NC(=O)C(N)CCCN=C(N)N)C(=O)NC(Cc1ccccc1)C(=O)O. The Morgan fingerprint density at radius 3 is 2.05 bits per heavy atom. The fraction of sp³-hybridized carbons (Fsp3) is 0.478. The number of aliphatic hydroxyl groups is 1. The number of carbonyl (C=O) groups excluding carboxylic acids is 3. The molecule has 0 fully saturated rings. The maximum Gasteiger partial charge on any atom is 0.326 e.